The van der Waals surface area contributed by atoms with Gasteiger partial charge in [-0.05, 0) is 44.2 Å². The van der Waals surface area contributed by atoms with E-state index in [0.29, 0.717) is 18.1 Å². The first-order valence-corrected chi connectivity index (χ1v) is 7.72. The Morgan fingerprint density at radius 3 is 2.58 bits per heavy atom. The molecule has 0 aliphatic rings. The summed E-state index contributed by atoms with van der Waals surface area (Å²) >= 11 is 0. The second-order valence-corrected chi connectivity index (χ2v) is 5.40. The Labute approximate surface area is 140 Å². The minimum atomic E-state index is -1.06. The summed E-state index contributed by atoms with van der Waals surface area (Å²) in [6.45, 7) is 4.43. The fraction of sp³-hybridized carbons (Fsp3) is 0.158. The molecule has 0 radical (unpaired) electrons. The van der Waals surface area contributed by atoms with E-state index in [-0.39, 0.29) is 5.69 Å². The van der Waals surface area contributed by atoms with E-state index in [1.54, 1.807) is 10.7 Å². The lowest BCUT2D eigenvalue weighted by Crippen LogP contribution is -2.03. The number of hydrogen-bond acceptors (Lipinski definition) is 3. The van der Waals surface area contributed by atoms with Gasteiger partial charge in [0.15, 0.2) is 5.69 Å². The average molecular weight is 322 g/mol. The summed E-state index contributed by atoms with van der Waals surface area (Å²) in [6.07, 6.45) is 0. The molecule has 0 aliphatic carbocycles. The Morgan fingerprint density at radius 2 is 1.92 bits per heavy atom. The van der Waals surface area contributed by atoms with Gasteiger partial charge in [0.25, 0.3) is 0 Å². The fourth-order valence-corrected chi connectivity index (χ4v) is 2.57. The standard InChI is InChI=1S/C19H18N2O3/c1-3-24-18-10-9-13(2)11-15(18)17-12-16(19(22)23)20-21(17)14-7-5-4-6-8-14/h4-12H,3H2,1-2H3,(H,22,23). The van der Waals surface area contributed by atoms with Crippen LogP contribution >= 0.6 is 0 Å². The Bertz CT molecular complexity index is 870. The van der Waals surface area contributed by atoms with Crippen molar-refractivity contribution in [1.82, 2.24) is 9.78 Å². The number of nitrogens with zero attached hydrogens (tertiary/aromatic N) is 2. The van der Waals surface area contributed by atoms with E-state index >= 15 is 0 Å². The number of carbonyl (C=O) groups is 1. The van der Waals surface area contributed by atoms with E-state index in [0.717, 1.165) is 16.8 Å². The molecule has 122 valence electrons. The highest BCUT2D eigenvalue weighted by Gasteiger charge is 2.18. The molecule has 0 unspecified atom stereocenters. The van der Waals surface area contributed by atoms with Crippen LogP contribution in [0.2, 0.25) is 0 Å². The maximum absolute atomic E-state index is 11.4. The van der Waals surface area contributed by atoms with Crippen molar-refractivity contribution in [2.75, 3.05) is 6.61 Å². The highest BCUT2D eigenvalue weighted by atomic mass is 16.5. The zero-order valence-corrected chi connectivity index (χ0v) is 13.6. The highest BCUT2D eigenvalue weighted by Crippen LogP contribution is 2.33. The van der Waals surface area contributed by atoms with Gasteiger partial charge in [-0.25, -0.2) is 9.48 Å². The lowest BCUT2D eigenvalue weighted by Gasteiger charge is -2.13. The lowest BCUT2D eigenvalue weighted by molar-refractivity contribution is 0.0690. The first-order valence-electron chi connectivity index (χ1n) is 7.72. The summed E-state index contributed by atoms with van der Waals surface area (Å²) < 4.78 is 7.36. The zero-order valence-electron chi connectivity index (χ0n) is 13.6. The van der Waals surface area contributed by atoms with E-state index in [2.05, 4.69) is 5.10 Å². The summed E-state index contributed by atoms with van der Waals surface area (Å²) in [5.74, 6) is -0.353. The molecule has 3 aromatic rings. The summed E-state index contributed by atoms with van der Waals surface area (Å²) in [7, 11) is 0. The zero-order chi connectivity index (χ0) is 17.1. The third-order valence-corrected chi connectivity index (χ3v) is 3.64. The molecule has 3 rings (SSSR count). The number of carboxylic acid groups (broad SMARTS) is 1. The summed E-state index contributed by atoms with van der Waals surface area (Å²) in [6, 6.07) is 16.9. The van der Waals surface area contributed by atoms with Gasteiger partial charge >= 0.3 is 5.97 Å². The van der Waals surface area contributed by atoms with Gasteiger partial charge in [-0.2, -0.15) is 5.10 Å². The van der Waals surface area contributed by atoms with Crippen LogP contribution in [0.5, 0.6) is 5.75 Å². The highest BCUT2D eigenvalue weighted by molar-refractivity contribution is 5.87. The molecule has 5 heteroatoms. The topological polar surface area (TPSA) is 64.3 Å². The van der Waals surface area contributed by atoms with Crippen LogP contribution in [0.1, 0.15) is 23.0 Å². The lowest BCUT2D eigenvalue weighted by atomic mass is 10.1. The Balaban J connectivity index is 2.24. The molecule has 24 heavy (non-hydrogen) atoms. The van der Waals surface area contributed by atoms with Crippen LogP contribution in [0.3, 0.4) is 0 Å². The number of para-hydroxylation sites is 1. The van der Waals surface area contributed by atoms with E-state index < -0.39 is 5.97 Å². The smallest absolute Gasteiger partial charge is 0.356 e. The van der Waals surface area contributed by atoms with Gasteiger partial charge in [-0.1, -0.05) is 29.8 Å². The van der Waals surface area contributed by atoms with Gasteiger partial charge < -0.3 is 9.84 Å². The SMILES string of the molecule is CCOc1ccc(C)cc1-c1cc(C(=O)O)nn1-c1ccccc1. The Hall–Kier alpha value is -3.08. The minimum Gasteiger partial charge on any atom is -0.493 e. The van der Waals surface area contributed by atoms with Crippen LogP contribution in [0, 0.1) is 6.92 Å². The van der Waals surface area contributed by atoms with Crippen molar-refractivity contribution in [2.45, 2.75) is 13.8 Å². The summed E-state index contributed by atoms with van der Waals surface area (Å²) in [5, 5.41) is 13.6. The van der Waals surface area contributed by atoms with E-state index in [1.807, 2.05) is 62.4 Å². The third-order valence-electron chi connectivity index (χ3n) is 3.64. The monoisotopic (exact) mass is 322 g/mol. The molecule has 0 aliphatic heterocycles. The fourth-order valence-electron chi connectivity index (χ4n) is 2.57. The Kier molecular flexibility index (Phi) is 4.33. The van der Waals surface area contributed by atoms with Crippen LogP contribution in [0.15, 0.2) is 54.6 Å². The predicted molar refractivity (Wildman–Crippen MR) is 91.9 cm³/mol. The number of carboxylic acids is 1. The molecular formula is C19H18N2O3. The second-order valence-electron chi connectivity index (χ2n) is 5.40. The van der Waals surface area contributed by atoms with Crippen molar-refractivity contribution < 1.29 is 14.6 Å². The number of rotatable bonds is 5. The van der Waals surface area contributed by atoms with E-state index in [4.69, 9.17) is 4.74 Å². The van der Waals surface area contributed by atoms with Crippen LogP contribution in [-0.4, -0.2) is 27.5 Å². The molecule has 0 atom stereocenters. The van der Waals surface area contributed by atoms with Crippen LogP contribution in [0.25, 0.3) is 16.9 Å². The molecule has 0 fully saturated rings. The Morgan fingerprint density at radius 1 is 1.17 bits per heavy atom. The van der Waals surface area contributed by atoms with Crippen molar-refractivity contribution in [3.05, 3.63) is 65.9 Å². The van der Waals surface area contributed by atoms with Gasteiger partial charge in [0.05, 0.1) is 18.0 Å². The first-order chi connectivity index (χ1) is 11.6. The molecular weight excluding hydrogens is 304 g/mol. The maximum atomic E-state index is 11.4. The van der Waals surface area contributed by atoms with Crippen molar-refractivity contribution in [1.29, 1.82) is 0 Å². The molecule has 0 bridgehead atoms. The number of aromatic nitrogens is 2. The molecule has 0 saturated carbocycles. The van der Waals surface area contributed by atoms with E-state index in [1.165, 1.54) is 0 Å². The molecule has 0 saturated heterocycles. The number of ether oxygens (including phenoxy) is 1. The van der Waals surface area contributed by atoms with Crippen LogP contribution in [-0.2, 0) is 0 Å². The number of aryl methyl sites for hydroxylation is 1. The van der Waals surface area contributed by atoms with Gasteiger partial charge in [0, 0.05) is 5.56 Å². The van der Waals surface area contributed by atoms with Gasteiger partial charge in [-0.3, -0.25) is 0 Å². The summed E-state index contributed by atoms with van der Waals surface area (Å²) in [4.78, 5) is 11.4. The molecule has 0 spiro atoms. The summed E-state index contributed by atoms with van der Waals surface area (Å²) in [5.41, 5.74) is 3.36. The van der Waals surface area contributed by atoms with Gasteiger partial charge in [-0.15, -0.1) is 0 Å². The number of hydrogen-bond donors (Lipinski definition) is 1. The number of aromatic carboxylic acids is 1. The van der Waals surface area contributed by atoms with Gasteiger partial charge in [0.1, 0.15) is 5.75 Å². The molecule has 5 nitrogen and oxygen atoms in total. The molecule has 2 aromatic carbocycles. The quantitative estimate of drug-likeness (QED) is 0.772. The predicted octanol–water partition coefficient (Wildman–Crippen LogP) is 3.94. The van der Waals surface area contributed by atoms with E-state index in [9.17, 15) is 9.90 Å². The molecule has 1 N–H and O–H groups in total. The van der Waals surface area contributed by atoms with Crippen LogP contribution < -0.4 is 4.74 Å². The van der Waals surface area contributed by atoms with Crippen molar-refractivity contribution in [2.24, 2.45) is 0 Å². The molecule has 1 aromatic heterocycles. The first kappa shape index (κ1) is 15.8. The largest absolute Gasteiger partial charge is 0.493 e. The van der Waals surface area contributed by atoms with Crippen molar-refractivity contribution in [3.63, 3.8) is 0 Å². The van der Waals surface area contributed by atoms with Crippen molar-refractivity contribution in [3.8, 4) is 22.7 Å². The second kappa shape index (κ2) is 6.58. The third kappa shape index (κ3) is 3.01. The number of benzene rings is 2. The van der Waals surface area contributed by atoms with Crippen LogP contribution in [0.4, 0.5) is 0 Å². The maximum Gasteiger partial charge on any atom is 0.356 e. The molecule has 0 amide bonds. The normalized spacial score (nSPS) is 10.6. The average Bonchev–Trinajstić information content (AvgIpc) is 3.03. The minimum absolute atomic E-state index is 0.00203. The van der Waals surface area contributed by atoms with Crippen molar-refractivity contribution >= 4 is 5.97 Å². The molecule has 1 heterocycles. The van der Waals surface area contributed by atoms with Gasteiger partial charge in [0.2, 0.25) is 0 Å².